The number of rotatable bonds is 6. The summed E-state index contributed by atoms with van der Waals surface area (Å²) in [5, 5.41) is 13.5. The third-order valence-corrected chi connectivity index (χ3v) is 3.74. The van der Waals surface area contributed by atoms with Gasteiger partial charge in [0.1, 0.15) is 0 Å². The fourth-order valence-electron chi connectivity index (χ4n) is 2.25. The summed E-state index contributed by atoms with van der Waals surface area (Å²) >= 11 is 0. The van der Waals surface area contributed by atoms with Crippen LogP contribution in [0.5, 0.6) is 0 Å². The van der Waals surface area contributed by atoms with Crippen molar-refractivity contribution in [2.75, 3.05) is 6.54 Å². The molecule has 3 heteroatoms. The molecule has 2 N–H and O–H groups in total. The van der Waals surface area contributed by atoms with Crippen molar-refractivity contribution in [1.82, 2.24) is 10.3 Å². The van der Waals surface area contributed by atoms with Gasteiger partial charge in [0.25, 0.3) is 0 Å². The quantitative estimate of drug-likeness (QED) is 0.855. The van der Waals surface area contributed by atoms with E-state index in [-0.39, 0.29) is 0 Å². The Kier molecular flexibility index (Phi) is 5.48. The molecule has 0 aliphatic rings. The molecule has 0 saturated heterocycles. The van der Waals surface area contributed by atoms with Gasteiger partial charge in [-0.25, -0.2) is 0 Å². The van der Waals surface area contributed by atoms with Gasteiger partial charge >= 0.3 is 0 Å². The van der Waals surface area contributed by atoms with E-state index in [1.54, 1.807) is 6.20 Å². The van der Waals surface area contributed by atoms with Gasteiger partial charge in [-0.2, -0.15) is 0 Å². The van der Waals surface area contributed by atoms with Gasteiger partial charge in [-0.05, 0) is 35.6 Å². The van der Waals surface area contributed by atoms with Gasteiger partial charge in [0.05, 0.1) is 11.8 Å². The lowest BCUT2D eigenvalue weighted by molar-refractivity contribution is 0.174. The summed E-state index contributed by atoms with van der Waals surface area (Å²) in [5.74, 6) is 0.515. The molecule has 1 aromatic heterocycles. The Labute approximate surface area is 127 Å². The monoisotopic (exact) mass is 284 g/mol. The van der Waals surface area contributed by atoms with E-state index in [0.29, 0.717) is 19.0 Å². The maximum absolute atomic E-state index is 10.2. The molecular weight excluding hydrogens is 260 g/mol. The minimum atomic E-state index is -0.491. The molecular formula is C18H24N2O. The molecule has 0 fully saturated rings. The Bertz CT molecular complexity index is 564. The Hall–Kier alpha value is -1.71. The van der Waals surface area contributed by atoms with E-state index in [9.17, 15) is 5.11 Å². The van der Waals surface area contributed by atoms with Gasteiger partial charge in [-0.3, -0.25) is 4.98 Å². The first-order chi connectivity index (χ1) is 10.1. The lowest BCUT2D eigenvalue weighted by Crippen LogP contribution is -2.22. The molecule has 0 aliphatic carbocycles. The van der Waals surface area contributed by atoms with E-state index in [1.165, 1.54) is 11.1 Å². The highest BCUT2D eigenvalue weighted by atomic mass is 16.3. The number of nitrogens with one attached hydrogen (secondary N) is 1. The average Bonchev–Trinajstić information content (AvgIpc) is 2.49. The minimum absolute atomic E-state index is 0.491. The summed E-state index contributed by atoms with van der Waals surface area (Å²) < 4.78 is 0. The Morgan fingerprint density at radius 1 is 1.10 bits per heavy atom. The molecule has 0 saturated carbocycles. The van der Waals surface area contributed by atoms with Crippen LogP contribution in [0.3, 0.4) is 0 Å². The third-order valence-electron chi connectivity index (χ3n) is 3.74. The molecule has 0 radical (unpaired) electrons. The smallest absolute Gasteiger partial charge is 0.0914 e. The second-order valence-corrected chi connectivity index (χ2v) is 5.74. The number of aliphatic hydroxyl groups excluding tert-OH is 1. The first-order valence-corrected chi connectivity index (χ1v) is 7.47. The minimum Gasteiger partial charge on any atom is -0.387 e. The van der Waals surface area contributed by atoms with E-state index in [0.717, 1.165) is 11.3 Å². The maximum Gasteiger partial charge on any atom is 0.0914 e. The molecule has 1 aromatic carbocycles. The van der Waals surface area contributed by atoms with Crippen LogP contribution in [0.2, 0.25) is 0 Å². The second-order valence-electron chi connectivity index (χ2n) is 5.74. The second kappa shape index (κ2) is 7.34. The van der Waals surface area contributed by atoms with Crippen LogP contribution < -0.4 is 5.32 Å². The molecule has 2 rings (SSSR count). The number of hydrogen-bond donors (Lipinski definition) is 2. The van der Waals surface area contributed by atoms with Crippen LogP contribution in [0, 0.1) is 6.92 Å². The van der Waals surface area contributed by atoms with Gasteiger partial charge in [0, 0.05) is 19.3 Å². The van der Waals surface area contributed by atoms with Crippen molar-refractivity contribution in [2.24, 2.45) is 0 Å². The Morgan fingerprint density at radius 2 is 1.76 bits per heavy atom. The number of nitrogens with zero attached hydrogens (tertiary/aromatic N) is 1. The van der Waals surface area contributed by atoms with Crippen molar-refractivity contribution in [3.63, 3.8) is 0 Å². The molecule has 1 heterocycles. The highest BCUT2D eigenvalue weighted by Crippen LogP contribution is 2.18. The van der Waals surface area contributed by atoms with Gasteiger partial charge in [-0.15, -0.1) is 0 Å². The molecule has 3 nitrogen and oxygen atoms in total. The first kappa shape index (κ1) is 15.7. The van der Waals surface area contributed by atoms with Crippen LogP contribution in [0.15, 0.2) is 42.6 Å². The van der Waals surface area contributed by atoms with Crippen LogP contribution in [-0.2, 0) is 6.54 Å². The molecule has 0 aliphatic heterocycles. The van der Waals surface area contributed by atoms with Crippen LogP contribution in [-0.4, -0.2) is 16.6 Å². The van der Waals surface area contributed by atoms with E-state index >= 15 is 0 Å². The first-order valence-electron chi connectivity index (χ1n) is 7.47. The number of aliphatic hydroxyl groups is 1. The molecule has 112 valence electrons. The zero-order chi connectivity index (χ0) is 15.2. The number of pyridine rings is 1. The molecule has 0 bridgehead atoms. The van der Waals surface area contributed by atoms with Crippen molar-refractivity contribution in [3.05, 3.63) is 65.0 Å². The molecule has 2 aromatic rings. The summed E-state index contributed by atoms with van der Waals surface area (Å²) in [6, 6.07) is 12.2. The fourth-order valence-corrected chi connectivity index (χ4v) is 2.25. The maximum atomic E-state index is 10.2. The van der Waals surface area contributed by atoms with Crippen LogP contribution in [0.25, 0.3) is 0 Å². The van der Waals surface area contributed by atoms with E-state index in [1.807, 2.05) is 31.2 Å². The molecule has 0 spiro atoms. The van der Waals surface area contributed by atoms with Gasteiger partial charge in [0.15, 0.2) is 0 Å². The van der Waals surface area contributed by atoms with Gasteiger partial charge < -0.3 is 10.4 Å². The summed E-state index contributed by atoms with van der Waals surface area (Å²) in [7, 11) is 0. The van der Waals surface area contributed by atoms with Crippen LogP contribution in [0.4, 0.5) is 0 Å². The number of benzene rings is 1. The molecule has 0 amide bonds. The lowest BCUT2D eigenvalue weighted by atomic mass is 10.00. The highest BCUT2D eigenvalue weighted by Gasteiger charge is 2.08. The number of hydrogen-bond acceptors (Lipinski definition) is 3. The van der Waals surface area contributed by atoms with Gasteiger partial charge in [-0.1, -0.05) is 44.2 Å². The van der Waals surface area contributed by atoms with Crippen molar-refractivity contribution in [2.45, 2.75) is 39.3 Å². The zero-order valence-corrected chi connectivity index (χ0v) is 13.0. The van der Waals surface area contributed by atoms with Crippen LogP contribution >= 0.6 is 0 Å². The van der Waals surface area contributed by atoms with E-state index in [4.69, 9.17) is 0 Å². The van der Waals surface area contributed by atoms with E-state index < -0.39 is 6.10 Å². The topological polar surface area (TPSA) is 45.2 Å². The summed E-state index contributed by atoms with van der Waals surface area (Å²) in [6.07, 6.45) is 1.31. The largest absolute Gasteiger partial charge is 0.387 e. The number of aromatic nitrogens is 1. The van der Waals surface area contributed by atoms with Crippen LogP contribution in [0.1, 0.15) is 48.3 Å². The summed E-state index contributed by atoms with van der Waals surface area (Å²) in [6.45, 7) is 7.58. The van der Waals surface area contributed by atoms with Crippen molar-refractivity contribution >= 4 is 0 Å². The molecule has 1 atom stereocenters. The molecule has 21 heavy (non-hydrogen) atoms. The normalized spacial score (nSPS) is 12.6. The molecule has 1 unspecified atom stereocenters. The van der Waals surface area contributed by atoms with Crippen molar-refractivity contribution in [1.29, 1.82) is 0 Å². The summed E-state index contributed by atoms with van der Waals surface area (Å²) in [4.78, 5) is 4.33. The standard InChI is InChI=1S/C18H24N2O/c1-13(2)15-6-8-16(9-7-15)18(21)12-19-11-17-14(3)5-4-10-20-17/h4-10,13,18-19,21H,11-12H2,1-3H3. The highest BCUT2D eigenvalue weighted by molar-refractivity contribution is 5.26. The Balaban J connectivity index is 1.87. The average molecular weight is 284 g/mol. The zero-order valence-electron chi connectivity index (χ0n) is 13.0. The van der Waals surface area contributed by atoms with Gasteiger partial charge in [0.2, 0.25) is 0 Å². The van der Waals surface area contributed by atoms with E-state index in [2.05, 4.69) is 36.3 Å². The fraction of sp³-hybridized carbons (Fsp3) is 0.389. The predicted octanol–water partition coefficient (Wildman–Crippen LogP) is 3.34. The Morgan fingerprint density at radius 3 is 2.38 bits per heavy atom. The third kappa shape index (κ3) is 4.38. The SMILES string of the molecule is Cc1cccnc1CNCC(O)c1ccc(C(C)C)cc1. The van der Waals surface area contributed by atoms with Crippen molar-refractivity contribution in [3.8, 4) is 0 Å². The number of aryl methyl sites for hydroxylation is 1. The summed E-state index contributed by atoms with van der Waals surface area (Å²) in [5.41, 5.74) is 4.44. The lowest BCUT2D eigenvalue weighted by Gasteiger charge is -2.14. The van der Waals surface area contributed by atoms with Crippen molar-refractivity contribution < 1.29 is 5.11 Å². The predicted molar refractivity (Wildman–Crippen MR) is 86.2 cm³/mol.